The van der Waals surface area contributed by atoms with Crippen LogP contribution in [0.2, 0.25) is 0 Å². The second kappa shape index (κ2) is 6.04. The van der Waals surface area contributed by atoms with Crippen molar-refractivity contribution in [3.05, 3.63) is 83.4 Å². The second-order valence-electron chi connectivity index (χ2n) is 6.16. The molecule has 0 fully saturated rings. The van der Waals surface area contributed by atoms with Gasteiger partial charge in [-0.2, -0.15) is 0 Å². The molecule has 2 amide bonds. The number of hydrogen-bond donors (Lipinski definition) is 1. The fourth-order valence-electron chi connectivity index (χ4n) is 2.93. The molecule has 0 radical (unpaired) electrons. The average molecular weight is 344 g/mol. The van der Waals surface area contributed by atoms with Gasteiger partial charge in [0.1, 0.15) is 11.5 Å². The molecule has 4 rings (SSSR count). The zero-order chi connectivity index (χ0) is 18.3. The minimum atomic E-state index is -0.355. The lowest BCUT2D eigenvalue weighted by Crippen LogP contribution is -2.29. The highest BCUT2D eigenvalue weighted by Crippen LogP contribution is 2.32. The minimum Gasteiger partial charge on any atom is -0.457 e. The van der Waals surface area contributed by atoms with E-state index in [4.69, 9.17) is 10.5 Å². The van der Waals surface area contributed by atoms with Gasteiger partial charge in [0.15, 0.2) is 0 Å². The summed E-state index contributed by atoms with van der Waals surface area (Å²) < 4.78 is 5.76. The van der Waals surface area contributed by atoms with Crippen molar-refractivity contribution >= 4 is 23.2 Å². The van der Waals surface area contributed by atoms with Gasteiger partial charge in [-0.15, -0.1) is 0 Å². The number of nitrogen functional groups attached to an aromatic ring is 1. The molecule has 1 aliphatic rings. The zero-order valence-electron chi connectivity index (χ0n) is 14.1. The third-order valence-corrected chi connectivity index (χ3v) is 4.24. The lowest BCUT2D eigenvalue weighted by molar-refractivity contribution is 0.0926. The van der Waals surface area contributed by atoms with Gasteiger partial charge in [0, 0.05) is 11.8 Å². The number of fused-ring (bicyclic) bond motifs is 1. The van der Waals surface area contributed by atoms with E-state index in [1.165, 1.54) is 4.90 Å². The molecule has 5 heteroatoms. The smallest absolute Gasteiger partial charge is 0.266 e. The van der Waals surface area contributed by atoms with Crippen LogP contribution in [0.3, 0.4) is 0 Å². The largest absolute Gasteiger partial charge is 0.457 e. The van der Waals surface area contributed by atoms with Gasteiger partial charge in [-0.05, 0) is 49.4 Å². The number of carbonyl (C=O) groups is 2. The van der Waals surface area contributed by atoms with Crippen molar-refractivity contribution in [3.8, 4) is 11.5 Å². The monoisotopic (exact) mass is 344 g/mol. The number of nitrogens with two attached hydrogens (primary N) is 1. The van der Waals surface area contributed by atoms with Crippen molar-refractivity contribution in [3.63, 3.8) is 0 Å². The predicted molar refractivity (Wildman–Crippen MR) is 99.7 cm³/mol. The van der Waals surface area contributed by atoms with E-state index in [0.29, 0.717) is 34.0 Å². The predicted octanol–water partition coefficient (Wildman–Crippen LogP) is 4.17. The number of carbonyl (C=O) groups excluding carboxylic acids is 2. The molecule has 26 heavy (non-hydrogen) atoms. The Hall–Kier alpha value is -3.60. The highest BCUT2D eigenvalue weighted by atomic mass is 16.5. The van der Waals surface area contributed by atoms with Crippen LogP contribution in [-0.4, -0.2) is 11.8 Å². The van der Waals surface area contributed by atoms with Crippen LogP contribution in [0, 0.1) is 6.92 Å². The number of ether oxygens (including phenoxy) is 1. The van der Waals surface area contributed by atoms with Gasteiger partial charge in [-0.25, -0.2) is 4.90 Å². The Labute approximate surface area is 150 Å². The summed E-state index contributed by atoms with van der Waals surface area (Å²) in [5.41, 5.74) is 8.65. The molecule has 2 N–H and O–H groups in total. The highest BCUT2D eigenvalue weighted by Gasteiger charge is 2.36. The third-order valence-electron chi connectivity index (χ3n) is 4.24. The Morgan fingerprint density at radius 1 is 0.808 bits per heavy atom. The van der Waals surface area contributed by atoms with Crippen LogP contribution >= 0.6 is 0 Å². The van der Waals surface area contributed by atoms with E-state index in [9.17, 15) is 9.59 Å². The van der Waals surface area contributed by atoms with Crippen molar-refractivity contribution < 1.29 is 14.3 Å². The summed E-state index contributed by atoms with van der Waals surface area (Å²) in [6, 6.07) is 19.2. The molecule has 3 aromatic rings. The first-order valence-corrected chi connectivity index (χ1v) is 8.16. The molecule has 5 nitrogen and oxygen atoms in total. The van der Waals surface area contributed by atoms with Gasteiger partial charge >= 0.3 is 0 Å². The van der Waals surface area contributed by atoms with Crippen molar-refractivity contribution in [1.82, 2.24) is 0 Å². The fraction of sp³-hybridized carbons (Fsp3) is 0.0476. The van der Waals surface area contributed by atoms with Crippen molar-refractivity contribution in [2.24, 2.45) is 0 Å². The van der Waals surface area contributed by atoms with Crippen molar-refractivity contribution in [2.75, 3.05) is 10.6 Å². The fourth-order valence-corrected chi connectivity index (χ4v) is 2.93. The van der Waals surface area contributed by atoms with E-state index < -0.39 is 0 Å². The summed E-state index contributed by atoms with van der Waals surface area (Å²) in [7, 11) is 0. The zero-order valence-corrected chi connectivity index (χ0v) is 14.1. The number of nitrogens with zero attached hydrogens (tertiary/aromatic N) is 1. The molecule has 1 aliphatic heterocycles. The van der Waals surface area contributed by atoms with Crippen LogP contribution in [0.1, 0.15) is 26.3 Å². The summed E-state index contributed by atoms with van der Waals surface area (Å²) in [5, 5.41) is 0. The van der Waals surface area contributed by atoms with Crippen LogP contribution in [-0.2, 0) is 0 Å². The topological polar surface area (TPSA) is 72.6 Å². The number of anilines is 2. The lowest BCUT2D eigenvalue weighted by Gasteiger charge is -2.13. The minimum absolute atomic E-state index is 0.329. The Balaban J connectivity index is 1.67. The van der Waals surface area contributed by atoms with E-state index in [1.54, 1.807) is 54.6 Å². The number of aryl methyl sites for hydroxylation is 1. The molecule has 128 valence electrons. The summed E-state index contributed by atoms with van der Waals surface area (Å²) in [5.74, 6) is 0.356. The van der Waals surface area contributed by atoms with Gasteiger partial charge in [0.25, 0.3) is 11.8 Å². The van der Waals surface area contributed by atoms with E-state index in [-0.39, 0.29) is 11.8 Å². The van der Waals surface area contributed by atoms with Crippen LogP contribution < -0.4 is 15.4 Å². The van der Waals surface area contributed by atoms with E-state index >= 15 is 0 Å². The molecule has 1 heterocycles. The second-order valence-corrected chi connectivity index (χ2v) is 6.16. The van der Waals surface area contributed by atoms with E-state index in [0.717, 1.165) is 5.56 Å². The van der Waals surface area contributed by atoms with Gasteiger partial charge in [0.05, 0.1) is 16.8 Å². The standard InChI is InChI=1S/C21H16N2O3/c1-13-5-7-15(8-6-13)23-20(24)18-10-9-17(12-19(18)21(23)25)26-16-4-2-3-14(22)11-16/h2-12H,22H2,1H3. The quantitative estimate of drug-likeness (QED) is 0.572. The number of hydrogen-bond acceptors (Lipinski definition) is 4. The van der Waals surface area contributed by atoms with Crippen LogP contribution in [0.25, 0.3) is 0 Å². The number of imide groups is 1. The Kier molecular flexibility index (Phi) is 3.69. The summed E-state index contributed by atoms with van der Waals surface area (Å²) >= 11 is 0. The Bertz CT molecular complexity index is 1030. The Morgan fingerprint density at radius 3 is 2.23 bits per heavy atom. The molecule has 0 aliphatic carbocycles. The van der Waals surface area contributed by atoms with Gasteiger partial charge in [-0.3, -0.25) is 9.59 Å². The molecule has 0 atom stereocenters. The highest BCUT2D eigenvalue weighted by molar-refractivity contribution is 6.34. The molecule has 0 saturated carbocycles. The molecular weight excluding hydrogens is 328 g/mol. The lowest BCUT2D eigenvalue weighted by atomic mass is 10.1. The van der Waals surface area contributed by atoms with Crippen LogP contribution in [0.4, 0.5) is 11.4 Å². The number of rotatable bonds is 3. The molecular formula is C21H16N2O3. The molecule has 0 saturated heterocycles. The summed E-state index contributed by atoms with van der Waals surface area (Å²) in [6.45, 7) is 1.95. The molecule has 0 unspecified atom stereocenters. The first kappa shape index (κ1) is 15.9. The maximum absolute atomic E-state index is 12.8. The van der Waals surface area contributed by atoms with Crippen LogP contribution in [0.15, 0.2) is 66.7 Å². The molecule has 0 bridgehead atoms. The first-order chi connectivity index (χ1) is 12.5. The number of amides is 2. The summed E-state index contributed by atoms with van der Waals surface area (Å²) in [4.78, 5) is 26.6. The molecule has 3 aromatic carbocycles. The van der Waals surface area contributed by atoms with Gasteiger partial charge in [0.2, 0.25) is 0 Å². The van der Waals surface area contributed by atoms with Gasteiger partial charge < -0.3 is 10.5 Å². The average Bonchev–Trinajstić information content (AvgIpc) is 2.87. The van der Waals surface area contributed by atoms with Crippen LogP contribution in [0.5, 0.6) is 11.5 Å². The normalized spacial score (nSPS) is 13.0. The van der Waals surface area contributed by atoms with E-state index in [2.05, 4.69) is 0 Å². The number of benzene rings is 3. The molecule has 0 spiro atoms. The SMILES string of the molecule is Cc1ccc(N2C(=O)c3ccc(Oc4cccc(N)c4)cc3C2=O)cc1. The maximum atomic E-state index is 12.8. The first-order valence-electron chi connectivity index (χ1n) is 8.16. The van der Waals surface area contributed by atoms with Crippen molar-refractivity contribution in [1.29, 1.82) is 0 Å². The molecule has 0 aromatic heterocycles. The third kappa shape index (κ3) is 2.69. The Morgan fingerprint density at radius 2 is 1.50 bits per heavy atom. The van der Waals surface area contributed by atoms with Gasteiger partial charge in [-0.1, -0.05) is 23.8 Å². The summed E-state index contributed by atoms with van der Waals surface area (Å²) in [6.07, 6.45) is 0. The van der Waals surface area contributed by atoms with Crippen molar-refractivity contribution in [2.45, 2.75) is 6.92 Å². The van der Waals surface area contributed by atoms with E-state index in [1.807, 2.05) is 19.1 Å². The maximum Gasteiger partial charge on any atom is 0.266 e.